The first-order valence-corrected chi connectivity index (χ1v) is 6.39. The average Bonchev–Trinajstić information content (AvgIpc) is 2.28. The van der Waals surface area contributed by atoms with Crippen molar-refractivity contribution in [1.29, 1.82) is 5.26 Å². The van der Waals surface area contributed by atoms with E-state index < -0.39 is 17.7 Å². The Bertz CT molecular complexity index is 474. The van der Waals surface area contributed by atoms with Gasteiger partial charge in [0.25, 0.3) is 0 Å². The van der Waals surface area contributed by atoms with Gasteiger partial charge in [-0.3, -0.25) is 4.79 Å². The van der Waals surface area contributed by atoms with E-state index >= 15 is 0 Å². The van der Waals surface area contributed by atoms with Gasteiger partial charge in [0.15, 0.2) is 0 Å². The Morgan fingerprint density at radius 1 is 1.56 bits per heavy atom. The van der Waals surface area contributed by atoms with Crippen molar-refractivity contribution in [3.05, 3.63) is 35.4 Å². The third-order valence-electron chi connectivity index (χ3n) is 2.21. The standard InChI is InChI=1S/C12H12F2N2OS/c1-8(16-12(17)7-18-5-4-15)10-3-2-9(13)6-11(10)14/h2-3,6,8H,5,7H2,1H3,(H,16,17)/t8-/m1/s1. The van der Waals surface area contributed by atoms with Crippen LogP contribution in [0.1, 0.15) is 18.5 Å². The summed E-state index contributed by atoms with van der Waals surface area (Å²) >= 11 is 1.18. The molecule has 1 amide bonds. The molecule has 0 saturated heterocycles. The number of thioether (sulfide) groups is 1. The maximum absolute atomic E-state index is 13.4. The number of halogens is 2. The van der Waals surface area contributed by atoms with Gasteiger partial charge in [-0.1, -0.05) is 6.07 Å². The Balaban J connectivity index is 2.57. The van der Waals surface area contributed by atoms with Crippen molar-refractivity contribution in [3.63, 3.8) is 0 Å². The van der Waals surface area contributed by atoms with E-state index in [1.54, 1.807) is 6.92 Å². The van der Waals surface area contributed by atoms with Crippen LogP contribution in [-0.4, -0.2) is 17.4 Å². The number of nitriles is 1. The average molecular weight is 270 g/mol. The summed E-state index contributed by atoms with van der Waals surface area (Å²) < 4.78 is 26.1. The molecule has 0 saturated carbocycles. The quantitative estimate of drug-likeness (QED) is 0.836. The van der Waals surface area contributed by atoms with Crippen LogP contribution in [0.5, 0.6) is 0 Å². The Morgan fingerprint density at radius 3 is 2.89 bits per heavy atom. The van der Waals surface area contributed by atoms with Gasteiger partial charge in [-0.15, -0.1) is 11.8 Å². The molecular formula is C12H12F2N2OS. The van der Waals surface area contributed by atoms with Gasteiger partial charge in [-0.25, -0.2) is 8.78 Å². The lowest BCUT2D eigenvalue weighted by Gasteiger charge is -2.14. The molecule has 0 radical (unpaired) electrons. The zero-order chi connectivity index (χ0) is 13.5. The Hall–Kier alpha value is -1.61. The van der Waals surface area contributed by atoms with Crippen LogP contribution in [0.25, 0.3) is 0 Å². The van der Waals surface area contributed by atoms with Crippen LogP contribution in [0.4, 0.5) is 8.78 Å². The van der Waals surface area contributed by atoms with Crippen molar-refractivity contribution in [2.24, 2.45) is 0 Å². The van der Waals surface area contributed by atoms with Crippen molar-refractivity contribution in [2.75, 3.05) is 11.5 Å². The topological polar surface area (TPSA) is 52.9 Å². The van der Waals surface area contributed by atoms with E-state index in [1.807, 2.05) is 6.07 Å². The summed E-state index contributed by atoms with van der Waals surface area (Å²) in [4.78, 5) is 11.4. The van der Waals surface area contributed by atoms with Crippen LogP contribution in [0.3, 0.4) is 0 Å². The number of nitrogens with one attached hydrogen (secondary N) is 1. The minimum atomic E-state index is -0.688. The smallest absolute Gasteiger partial charge is 0.230 e. The number of rotatable bonds is 5. The molecule has 1 atom stereocenters. The molecule has 0 aliphatic carbocycles. The van der Waals surface area contributed by atoms with Gasteiger partial charge in [-0.2, -0.15) is 5.26 Å². The SMILES string of the molecule is C[C@@H](NC(=O)CSCC#N)c1ccc(F)cc1F. The van der Waals surface area contributed by atoms with E-state index in [2.05, 4.69) is 5.32 Å². The number of carbonyl (C=O) groups excluding carboxylic acids is 1. The first-order chi connectivity index (χ1) is 8.54. The van der Waals surface area contributed by atoms with Crippen LogP contribution < -0.4 is 5.32 Å². The molecule has 0 aliphatic heterocycles. The van der Waals surface area contributed by atoms with E-state index in [-0.39, 0.29) is 23.0 Å². The highest BCUT2D eigenvalue weighted by Crippen LogP contribution is 2.17. The lowest BCUT2D eigenvalue weighted by molar-refractivity contribution is -0.119. The molecule has 1 aromatic carbocycles. The molecule has 1 rings (SSSR count). The number of benzene rings is 1. The molecule has 0 heterocycles. The molecule has 0 spiro atoms. The van der Waals surface area contributed by atoms with E-state index in [1.165, 1.54) is 17.8 Å². The van der Waals surface area contributed by atoms with Crippen LogP contribution in [-0.2, 0) is 4.79 Å². The number of nitrogens with zero attached hydrogens (tertiary/aromatic N) is 1. The van der Waals surface area contributed by atoms with Gasteiger partial charge in [-0.05, 0) is 13.0 Å². The second-order valence-corrected chi connectivity index (χ2v) is 4.59. The third kappa shape index (κ3) is 4.34. The monoisotopic (exact) mass is 270 g/mol. The van der Waals surface area contributed by atoms with Crippen molar-refractivity contribution < 1.29 is 13.6 Å². The van der Waals surface area contributed by atoms with E-state index in [0.29, 0.717) is 0 Å². The number of amides is 1. The first kappa shape index (κ1) is 14.5. The minimum absolute atomic E-state index is 0.140. The van der Waals surface area contributed by atoms with Gasteiger partial charge in [0, 0.05) is 11.6 Å². The van der Waals surface area contributed by atoms with Crippen molar-refractivity contribution in [1.82, 2.24) is 5.32 Å². The molecular weight excluding hydrogens is 258 g/mol. The maximum atomic E-state index is 13.4. The molecule has 3 nitrogen and oxygen atoms in total. The van der Waals surface area contributed by atoms with E-state index in [4.69, 9.17) is 5.26 Å². The fourth-order valence-corrected chi connectivity index (χ4v) is 1.87. The Morgan fingerprint density at radius 2 is 2.28 bits per heavy atom. The predicted octanol–water partition coefficient (Wildman–Crippen LogP) is 2.40. The molecule has 96 valence electrons. The fourth-order valence-electron chi connectivity index (χ4n) is 1.40. The molecule has 0 aromatic heterocycles. The summed E-state index contributed by atoms with van der Waals surface area (Å²) in [5, 5.41) is 10.9. The van der Waals surface area contributed by atoms with Crippen LogP contribution in [0.15, 0.2) is 18.2 Å². The highest BCUT2D eigenvalue weighted by Gasteiger charge is 2.14. The molecule has 18 heavy (non-hydrogen) atoms. The summed E-state index contributed by atoms with van der Waals surface area (Å²) in [6.07, 6.45) is 0. The van der Waals surface area contributed by atoms with Crippen molar-refractivity contribution in [3.8, 4) is 6.07 Å². The van der Waals surface area contributed by atoms with Crippen molar-refractivity contribution >= 4 is 17.7 Å². The molecule has 6 heteroatoms. The maximum Gasteiger partial charge on any atom is 0.230 e. The Labute approximate surface area is 108 Å². The second kappa shape index (κ2) is 6.97. The fraction of sp³-hybridized carbons (Fsp3) is 0.333. The molecule has 1 N–H and O–H groups in total. The number of hydrogen-bond donors (Lipinski definition) is 1. The third-order valence-corrected chi connectivity index (χ3v) is 3.01. The van der Waals surface area contributed by atoms with Gasteiger partial charge in [0.05, 0.1) is 23.6 Å². The predicted molar refractivity (Wildman–Crippen MR) is 65.9 cm³/mol. The molecule has 0 fully saturated rings. The minimum Gasteiger partial charge on any atom is -0.349 e. The van der Waals surface area contributed by atoms with Crippen LogP contribution in [0, 0.1) is 23.0 Å². The second-order valence-electron chi connectivity index (χ2n) is 3.61. The zero-order valence-electron chi connectivity index (χ0n) is 9.74. The van der Waals surface area contributed by atoms with Gasteiger partial charge in [0.1, 0.15) is 11.6 Å². The molecule has 0 unspecified atom stereocenters. The van der Waals surface area contributed by atoms with Gasteiger partial charge >= 0.3 is 0 Å². The first-order valence-electron chi connectivity index (χ1n) is 5.23. The lowest BCUT2D eigenvalue weighted by atomic mass is 10.1. The number of carbonyl (C=O) groups is 1. The largest absolute Gasteiger partial charge is 0.349 e. The highest BCUT2D eigenvalue weighted by molar-refractivity contribution is 8.00. The summed E-state index contributed by atoms with van der Waals surface area (Å²) in [5.74, 6) is -1.26. The summed E-state index contributed by atoms with van der Waals surface area (Å²) in [5.41, 5.74) is 0.232. The molecule has 0 aliphatic rings. The van der Waals surface area contributed by atoms with Crippen LogP contribution >= 0.6 is 11.8 Å². The molecule has 1 aromatic rings. The van der Waals surface area contributed by atoms with Gasteiger partial charge < -0.3 is 5.32 Å². The van der Waals surface area contributed by atoms with Crippen LogP contribution in [0.2, 0.25) is 0 Å². The normalized spacial score (nSPS) is 11.7. The van der Waals surface area contributed by atoms with Crippen molar-refractivity contribution in [2.45, 2.75) is 13.0 Å². The summed E-state index contributed by atoms with van der Waals surface area (Å²) in [6, 6.07) is 4.59. The van der Waals surface area contributed by atoms with Gasteiger partial charge in [0.2, 0.25) is 5.91 Å². The molecule has 0 bridgehead atoms. The van der Waals surface area contributed by atoms with E-state index in [0.717, 1.165) is 12.1 Å². The summed E-state index contributed by atoms with van der Waals surface area (Å²) in [7, 11) is 0. The van der Waals surface area contributed by atoms with E-state index in [9.17, 15) is 13.6 Å². The lowest BCUT2D eigenvalue weighted by Crippen LogP contribution is -2.28. The summed E-state index contributed by atoms with van der Waals surface area (Å²) in [6.45, 7) is 1.61. The Kier molecular flexibility index (Phi) is 5.59. The highest BCUT2D eigenvalue weighted by atomic mass is 32.2. The zero-order valence-corrected chi connectivity index (χ0v) is 10.6. The number of hydrogen-bond acceptors (Lipinski definition) is 3.